The van der Waals surface area contributed by atoms with Gasteiger partial charge in [-0.25, -0.2) is 9.78 Å². The molecule has 4 fully saturated rings. The van der Waals surface area contributed by atoms with Crippen LogP contribution in [0, 0.1) is 17.8 Å². The minimum Gasteiger partial charge on any atom is -0.461 e. The van der Waals surface area contributed by atoms with Gasteiger partial charge in [-0.1, -0.05) is 49.4 Å². The molecule has 232 valence electrons. The number of hydrogen-bond donors (Lipinski definition) is 1. The molecule has 10 heteroatoms. The van der Waals surface area contributed by atoms with E-state index in [0.29, 0.717) is 29.6 Å². The average molecular weight is 592 g/mol. The van der Waals surface area contributed by atoms with Gasteiger partial charge in [0.15, 0.2) is 12.3 Å². The maximum Gasteiger partial charge on any atom is 0.362 e. The summed E-state index contributed by atoms with van der Waals surface area (Å²) in [4.78, 5) is 51.0. The third kappa shape index (κ3) is 5.95. The van der Waals surface area contributed by atoms with E-state index in [0.717, 1.165) is 36.6 Å². The number of fused-ring (bicyclic) bond motifs is 4. The predicted molar refractivity (Wildman–Crippen MR) is 163 cm³/mol. The summed E-state index contributed by atoms with van der Waals surface area (Å²) in [6.07, 6.45) is 13.8. The number of nitrogens with zero attached hydrogens (tertiary/aromatic N) is 4. The summed E-state index contributed by atoms with van der Waals surface area (Å²) in [6, 6.07) is 9.11. The molecule has 2 aromatic rings. The molecule has 3 unspecified atom stereocenters. The normalized spacial score (nSPS) is 31.3. The van der Waals surface area contributed by atoms with E-state index < -0.39 is 24.0 Å². The zero-order chi connectivity index (χ0) is 30.1. The highest BCUT2D eigenvalue weighted by Crippen LogP contribution is 2.51. The second kappa shape index (κ2) is 12.8. The molecule has 4 aliphatic rings. The number of rotatable bonds is 8. The SMILES string of the molecule is CCOC(=O)/C(=N\OCC(N)=O)c1nc2ccccc2n([C@@H]2C[C@@H]3C2CCC[C@H](C)N3C2CC3CCCCC(C3)C2)c1=O. The van der Waals surface area contributed by atoms with Crippen LogP contribution in [0.1, 0.15) is 96.2 Å². The molecular weight excluding hydrogens is 546 g/mol. The molecule has 1 saturated heterocycles. The number of benzene rings is 1. The van der Waals surface area contributed by atoms with Crippen molar-refractivity contribution in [2.75, 3.05) is 13.2 Å². The fraction of sp³-hybridized carbons (Fsp3) is 0.667. The van der Waals surface area contributed by atoms with Crippen molar-refractivity contribution in [1.82, 2.24) is 14.5 Å². The number of amides is 1. The molecule has 1 amide bonds. The van der Waals surface area contributed by atoms with Gasteiger partial charge in [0.25, 0.3) is 11.5 Å². The number of hydrogen-bond acceptors (Lipinski definition) is 8. The number of nitrogens with two attached hydrogens (primary N) is 1. The molecule has 1 aromatic carbocycles. The van der Waals surface area contributed by atoms with Crippen LogP contribution in [0.25, 0.3) is 11.0 Å². The van der Waals surface area contributed by atoms with E-state index in [1.807, 2.05) is 28.8 Å². The summed E-state index contributed by atoms with van der Waals surface area (Å²) < 4.78 is 7.04. The Hall–Kier alpha value is -3.27. The van der Waals surface area contributed by atoms with Gasteiger partial charge in [0.1, 0.15) is 0 Å². The van der Waals surface area contributed by atoms with Crippen molar-refractivity contribution < 1.29 is 19.2 Å². The predicted octanol–water partition coefficient (Wildman–Crippen LogP) is 4.33. The summed E-state index contributed by atoms with van der Waals surface area (Å²) >= 11 is 0. The van der Waals surface area contributed by atoms with Crippen molar-refractivity contribution in [3.63, 3.8) is 0 Å². The minimum absolute atomic E-state index is 0.0159. The van der Waals surface area contributed by atoms with Gasteiger partial charge in [0.2, 0.25) is 5.71 Å². The lowest BCUT2D eigenvalue weighted by molar-refractivity contribution is -0.135. The van der Waals surface area contributed by atoms with Crippen molar-refractivity contribution in [2.45, 2.75) is 109 Å². The maximum atomic E-state index is 14.3. The number of primary amides is 1. The molecule has 6 rings (SSSR count). The highest BCUT2D eigenvalue weighted by Gasteiger charge is 2.51. The fourth-order valence-electron chi connectivity index (χ4n) is 8.72. The van der Waals surface area contributed by atoms with Crippen LogP contribution >= 0.6 is 0 Å². The van der Waals surface area contributed by atoms with Crippen LogP contribution < -0.4 is 11.3 Å². The van der Waals surface area contributed by atoms with Gasteiger partial charge < -0.3 is 19.9 Å². The van der Waals surface area contributed by atoms with Crippen molar-refractivity contribution in [3.05, 3.63) is 40.3 Å². The summed E-state index contributed by atoms with van der Waals surface area (Å²) in [5.41, 5.74) is 5.63. The number of likely N-dealkylation sites (tertiary alicyclic amines) is 1. The Kier molecular flexibility index (Phi) is 8.84. The first-order valence-corrected chi connectivity index (χ1v) is 16.3. The largest absolute Gasteiger partial charge is 0.461 e. The first kappa shape index (κ1) is 29.8. The second-order valence-electron chi connectivity index (χ2n) is 13.2. The summed E-state index contributed by atoms with van der Waals surface area (Å²) in [6.45, 7) is 3.63. The molecule has 1 aromatic heterocycles. The zero-order valence-corrected chi connectivity index (χ0v) is 25.5. The Morgan fingerprint density at radius 1 is 1.00 bits per heavy atom. The molecule has 43 heavy (non-hydrogen) atoms. The lowest BCUT2D eigenvalue weighted by atomic mass is 9.69. The number of carbonyl (C=O) groups is 2. The average Bonchev–Trinajstić information content (AvgIpc) is 3.22. The van der Waals surface area contributed by atoms with Gasteiger partial charge in [0.05, 0.1) is 17.6 Å². The third-order valence-corrected chi connectivity index (χ3v) is 10.5. The number of ether oxygens (including phenoxy) is 1. The van der Waals surface area contributed by atoms with Crippen LogP contribution in [-0.2, 0) is 19.2 Å². The van der Waals surface area contributed by atoms with E-state index >= 15 is 0 Å². The van der Waals surface area contributed by atoms with E-state index in [4.69, 9.17) is 15.3 Å². The lowest BCUT2D eigenvalue weighted by Crippen LogP contribution is -2.60. The number of oxime groups is 1. The molecule has 3 aliphatic carbocycles. The topological polar surface area (TPSA) is 129 Å². The first-order valence-electron chi connectivity index (χ1n) is 16.3. The van der Waals surface area contributed by atoms with E-state index in [-0.39, 0.29) is 24.1 Å². The molecule has 2 bridgehead atoms. The molecule has 2 heterocycles. The fourth-order valence-corrected chi connectivity index (χ4v) is 8.72. The van der Waals surface area contributed by atoms with Crippen LogP contribution in [0.2, 0.25) is 0 Å². The summed E-state index contributed by atoms with van der Waals surface area (Å²) in [5.74, 6) is 0.448. The van der Waals surface area contributed by atoms with Crippen LogP contribution in [0.5, 0.6) is 0 Å². The molecule has 6 atom stereocenters. The molecule has 0 spiro atoms. The Bertz CT molecular complexity index is 1420. The maximum absolute atomic E-state index is 14.3. The van der Waals surface area contributed by atoms with Gasteiger partial charge in [-0.2, -0.15) is 0 Å². The number of aromatic nitrogens is 2. The number of para-hydroxylation sites is 2. The van der Waals surface area contributed by atoms with E-state index in [2.05, 4.69) is 22.0 Å². The summed E-state index contributed by atoms with van der Waals surface area (Å²) in [7, 11) is 0. The number of esters is 1. The third-order valence-electron chi connectivity index (χ3n) is 10.5. The Labute approximate surface area is 253 Å². The van der Waals surface area contributed by atoms with E-state index in [1.165, 1.54) is 51.4 Å². The van der Waals surface area contributed by atoms with Crippen molar-refractivity contribution >= 4 is 28.6 Å². The highest BCUT2D eigenvalue weighted by molar-refractivity contribution is 6.42. The molecule has 3 saturated carbocycles. The standard InChI is InChI=1S/C33H45N5O5/c1-3-42-33(41)31(36-43-19-29(34)39)30-32(40)38(26-14-7-6-13-25(26)35-30)28-18-27-24(28)12-8-9-20(2)37(27)23-16-21-10-4-5-11-22(15-21)17-23/h6-7,13-14,20-24,27-28H,3-5,8-12,15-19H2,1-2H3,(H2,34,39)/b36-31-/t20-,21?,22?,23?,24?,27+,28+/m0/s1. The molecule has 1 aliphatic heterocycles. The Balaban J connectivity index is 1.36. The molecule has 10 nitrogen and oxygen atoms in total. The van der Waals surface area contributed by atoms with Gasteiger partial charge in [-0.05, 0) is 82.3 Å². The van der Waals surface area contributed by atoms with Gasteiger partial charge in [0, 0.05) is 24.2 Å². The summed E-state index contributed by atoms with van der Waals surface area (Å²) in [5, 5.41) is 3.84. The second-order valence-corrected chi connectivity index (χ2v) is 13.2. The molecule has 0 radical (unpaired) electrons. The monoisotopic (exact) mass is 591 g/mol. The van der Waals surface area contributed by atoms with E-state index in [9.17, 15) is 14.4 Å². The van der Waals surface area contributed by atoms with Crippen LogP contribution in [-0.4, -0.2) is 63.4 Å². The van der Waals surface area contributed by atoms with E-state index in [1.54, 1.807) is 6.92 Å². The Morgan fingerprint density at radius 2 is 1.74 bits per heavy atom. The lowest BCUT2D eigenvalue weighted by Gasteiger charge is -2.55. The highest BCUT2D eigenvalue weighted by atomic mass is 16.6. The quantitative estimate of drug-likeness (QED) is 0.275. The molecule has 2 N–H and O–H groups in total. The van der Waals surface area contributed by atoms with Gasteiger partial charge in [-0.3, -0.25) is 14.5 Å². The van der Waals surface area contributed by atoms with Crippen molar-refractivity contribution in [2.24, 2.45) is 28.6 Å². The molecular formula is C33H45N5O5. The minimum atomic E-state index is -0.835. The van der Waals surface area contributed by atoms with Crippen molar-refractivity contribution in [3.8, 4) is 0 Å². The van der Waals surface area contributed by atoms with Crippen LogP contribution in [0.4, 0.5) is 0 Å². The van der Waals surface area contributed by atoms with Crippen molar-refractivity contribution in [1.29, 1.82) is 0 Å². The van der Waals surface area contributed by atoms with Gasteiger partial charge in [-0.15, -0.1) is 0 Å². The van der Waals surface area contributed by atoms with Gasteiger partial charge >= 0.3 is 5.97 Å². The first-order chi connectivity index (χ1) is 20.9. The number of carbonyl (C=O) groups excluding carboxylic acids is 2. The smallest absolute Gasteiger partial charge is 0.362 e. The van der Waals surface area contributed by atoms with Crippen LogP contribution in [0.3, 0.4) is 0 Å². The zero-order valence-electron chi connectivity index (χ0n) is 25.5. The Morgan fingerprint density at radius 3 is 2.47 bits per heavy atom. The van der Waals surface area contributed by atoms with Crippen LogP contribution in [0.15, 0.2) is 34.2 Å².